The van der Waals surface area contributed by atoms with E-state index in [9.17, 15) is 9.59 Å². The third kappa shape index (κ3) is 3.78. The van der Waals surface area contributed by atoms with E-state index in [0.717, 1.165) is 5.69 Å². The summed E-state index contributed by atoms with van der Waals surface area (Å²) < 4.78 is 2.95. The normalized spacial score (nSPS) is 10.4. The Morgan fingerprint density at radius 1 is 1.38 bits per heavy atom. The van der Waals surface area contributed by atoms with Crippen molar-refractivity contribution < 1.29 is 14.7 Å². The predicted molar refractivity (Wildman–Crippen MR) is 71.9 cm³/mol. The monoisotopic (exact) mass is 293 g/mol. The van der Waals surface area contributed by atoms with Crippen LogP contribution in [0.15, 0.2) is 12.4 Å². The van der Waals surface area contributed by atoms with Gasteiger partial charge in [-0.2, -0.15) is 5.10 Å². The maximum absolute atomic E-state index is 11.7. The maximum atomic E-state index is 11.7. The van der Waals surface area contributed by atoms with Gasteiger partial charge in [-0.1, -0.05) is 5.21 Å². The van der Waals surface area contributed by atoms with Crippen molar-refractivity contribution >= 4 is 17.7 Å². The summed E-state index contributed by atoms with van der Waals surface area (Å²) in [5.41, 5.74) is 1.21. The van der Waals surface area contributed by atoms with Gasteiger partial charge in [0.1, 0.15) is 0 Å². The predicted octanol–water partition coefficient (Wildman–Crippen LogP) is -0.160. The molecule has 0 spiro atoms. The standard InChI is InChI=1S/C11H15N7O3/c1-7-8(5-17(2)15-7)13-11(21)12-3-4-18-6-9(10(19)20)14-16-18/h5-6H,3-4H2,1-2H3,(H,19,20)(H2,12,13,21). The third-order valence-corrected chi connectivity index (χ3v) is 2.65. The first-order valence-corrected chi connectivity index (χ1v) is 6.14. The summed E-state index contributed by atoms with van der Waals surface area (Å²) in [5.74, 6) is -1.14. The molecule has 0 atom stereocenters. The number of aromatic carboxylic acids is 1. The summed E-state index contributed by atoms with van der Waals surface area (Å²) in [6.45, 7) is 2.39. The zero-order valence-corrected chi connectivity index (χ0v) is 11.6. The number of hydrogen-bond acceptors (Lipinski definition) is 5. The number of nitrogens with one attached hydrogen (secondary N) is 2. The average Bonchev–Trinajstić information content (AvgIpc) is 2.97. The number of anilines is 1. The number of nitrogens with zero attached hydrogens (tertiary/aromatic N) is 5. The highest BCUT2D eigenvalue weighted by Crippen LogP contribution is 2.10. The van der Waals surface area contributed by atoms with Crippen molar-refractivity contribution in [1.29, 1.82) is 0 Å². The summed E-state index contributed by atoms with van der Waals surface area (Å²) in [5, 5.41) is 25.2. The molecule has 2 rings (SSSR count). The highest BCUT2D eigenvalue weighted by Gasteiger charge is 2.09. The second-order valence-electron chi connectivity index (χ2n) is 4.35. The maximum Gasteiger partial charge on any atom is 0.358 e. The number of urea groups is 1. The van der Waals surface area contributed by atoms with Gasteiger partial charge in [0.05, 0.1) is 24.1 Å². The number of carboxylic acid groups (broad SMARTS) is 1. The molecule has 0 bridgehead atoms. The van der Waals surface area contributed by atoms with Crippen LogP contribution < -0.4 is 10.6 Å². The van der Waals surface area contributed by atoms with Crippen molar-refractivity contribution in [3.8, 4) is 0 Å². The molecule has 0 unspecified atom stereocenters. The van der Waals surface area contributed by atoms with Gasteiger partial charge in [0.15, 0.2) is 5.69 Å². The molecular weight excluding hydrogens is 278 g/mol. The molecule has 0 radical (unpaired) electrons. The molecule has 0 aliphatic carbocycles. The number of aromatic nitrogens is 5. The van der Waals surface area contributed by atoms with Gasteiger partial charge in [-0.3, -0.25) is 4.68 Å². The van der Waals surface area contributed by atoms with Crippen LogP contribution in [0.2, 0.25) is 0 Å². The number of carboxylic acids is 1. The second-order valence-corrected chi connectivity index (χ2v) is 4.35. The van der Waals surface area contributed by atoms with Crippen LogP contribution in [0.1, 0.15) is 16.2 Å². The van der Waals surface area contributed by atoms with Gasteiger partial charge in [-0.15, -0.1) is 5.10 Å². The van der Waals surface area contributed by atoms with E-state index in [1.807, 2.05) is 0 Å². The van der Waals surface area contributed by atoms with Gasteiger partial charge < -0.3 is 15.7 Å². The lowest BCUT2D eigenvalue weighted by Gasteiger charge is -2.06. The Hall–Kier alpha value is -2.91. The number of carbonyl (C=O) groups excluding carboxylic acids is 1. The van der Waals surface area contributed by atoms with Crippen LogP contribution in [0.4, 0.5) is 10.5 Å². The minimum absolute atomic E-state index is 0.134. The van der Waals surface area contributed by atoms with E-state index in [1.54, 1.807) is 24.9 Å². The minimum Gasteiger partial charge on any atom is -0.476 e. The van der Waals surface area contributed by atoms with Crippen LogP contribution >= 0.6 is 0 Å². The quantitative estimate of drug-likeness (QED) is 0.703. The largest absolute Gasteiger partial charge is 0.476 e. The first kappa shape index (κ1) is 14.5. The van der Waals surface area contributed by atoms with Crippen LogP contribution in [0.25, 0.3) is 0 Å². The van der Waals surface area contributed by atoms with Crippen LogP contribution in [-0.2, 0) is 13.6 Å². The Morgan fingerprint density at radius 3 is 2.71 bits per heavy atom. The van der Waals surface area contributed by atoms with Crippen molar-refractivity contribution in [2.24, 2.45) is 7.05 Å². The fourth-order valence-electron chi connectivity index (χ4n) is 1.68. The fourth-order valence-corrected chi connectivity index (χ4v) is 1.68. The lowest BCUT2D eigenvalue weighted by molar-refractivity contribution is 0.0690. The summed E-state index contributed by atoms with van der Waals surface area (Å²) in [7, 11) is 1.76. The van der Waals surface area contributed by atoms with E-state index in [4.69, 9.17) is 5.11 Å². The van der Waals surface area contributed by atoms with Crippen molar-refractivity contribution in [2.75, 3.05) is 11.9 Å². The Labute approximate surface area is 119 Å². The van der Waals surface area contributed by atoms with Crippen LogP contribution in [0.3, 0.4) is 0 Å². The van der Waals surface area contributed by atoms with E-state index in [1.165, 1.54) is 10.9 Å². The molecule has 2 aromatic rings. The molecule has 0 saturated heterocycles. The molecule has 0 aromatic carbocycles. The van der Waals surface area contributed by atoms with E-state index in [2.05, 4.69) is 26.0 Å². The number of rotatable bonds is 5. The van der Waals surface area contributed by atoms with Crippen LogP contribution in [0, 0.1) is 6.92 Å². The lowest BCUT2D eigenvalue weighted by Crippen LogP contribution is -2.31. The smallest absolute Gasteiger partial charge is 0.358 e. The summed E-state index contributed by atoms with van der Waals surface area (Å²) >= 11 is 0. The molecule has 3 N–H and O–H groups in total. The summed E-state index contributed by atoms with van der Waals surface area (Å²) in [4.78, 5) is 22.3. The molecule has 0 fully saturated rings. The van der Waals surface area contributed by atoms with Crippen molar-refractivity contribution in [3.05, 3.63) is 23.8 Å². The molecule has 2 heterocycles. The average molecular weight is 293 g/mol. The molecule has 2 aromatic heterocycles. The van der Waals surface area contributed by atoms with Gasteiger partial charge in [-0.25, -0.2) is 14.3 Å². The number of aryl methyl sites for hydroxylation is 2. The zero-order chi connectivity index (χ0) is 15.4. The Kier molecular flexibility index (Phi) is 4.16. The summed E-state index contributed by atoms with van der Waals surface area (Å²) in [6, 6.07) is -0.371. The molecule has 21 heavy (non-hydrogen) atoms. The van der Waals surface area contributed by atoms with Crippen molar-refractivity contribution in [2.45, 2.75) is 13.5 Å². The Balaban J connectivity index is 1.78. The third-order valence-electron chi connectivity index (χ3n) is 2.65. The minimum atomic E-state index is -1.14. The van der Waals surface area contributed by atoms with E-state index in [-0.39, 0.29) is 18.3 Å². The first-order chi connectivity index (χ1) is 9.95. The zero-order valence-electron chi connectivity index (χ0n) is 11.6. The highest BCUT2D eigenvalue weighted by molar-refractivity contribution is 5.89. The molecule has 2 amide bonds. The van der Waals surface area contributed by atoms with Crippen LogP contribution in [0.5, 0.6) is 0 Å². The molecule has 112 valence electrons. The van der Waals surface area contributed by atoms with Crippen molar-refractivity contribution in [1.82, 2.24) is 30.1 Å². The highest BCUT2D eigenvalue weighted by atomic mass is 16.4. The molecule has 10 nitrogen and oxygen atoms in total. The van der Waals surface area contributed by atoms with Crippen LogP contribution in [-0.4, -0.2) is 48.4 Å². The SMILES string of the molecule is Cc1nn(C)cc1NC(=O)NCCn1cc(C(=O)O)nn1. The summed E-state index contributed by atoms with van der Waals surface area (Å²) in [6.07, 6.45) is 3.00. The topological polar surface area (TPSA) is 127 Å². The first-order valence-electron chi connectivity index (χ1n) is 6.14. The molecule has 0 saturated carbocycles. The van der Waals surface area contributed by atoms with E-state index < -0.39 is 5.97 Å². The molecule has 10 heteroatoms. The van der Waals surface area contributed by atoms with E-state index in [0.29, 0.717) is 12.2 Å². The Bertz CT molecular complexity index is 661. The van der Waals surface area contributed by atoms with Crippen molar-refractivity contribution in [3.63, 3.8) is 0 Å². The lowest BCUT2D eigenvalue weighted by atomic mass is 10.4. The van der Waals surface area contributed by atoms with Gasteiger partial charge in [0.25, 0.3) is 0 Å². The van der Waals surface area contributed by atoms with Gasteiger partial charge in [-0.05, 0) is 6.92 Å². The Morgan fingerprint density at radius 2 is 2.14 bits per heavy atom. The van der Waals surface area contributed by atoms with E-state index >= 15 is 0 Å². The number of amides is 2. The molecular formula is C11H15N7O3. The second kappa shape index (κ2) is 6.03. The molecule has 0 aliphatic heterocycles. The van der Waals surface area contributed by atoms with Gasteiger partial charge in [0, 0.05) is 19.8 Å². The number of carbonyl (C=O) groups is 2. The van der Waals surface area contributed by atoms with Gasteiger partial charge in [0.2, 0.25) is 0 Å². The number of hydrogen-bond donors (Lipinski definition) is 3. The molecule has 0 aliphatic rings. The van der Waals surface area contributed by atoms with Gasteiger partial charge >= 0.3 is 12.0 Å². The fraction of sp³-hybridized carbons (Fsp3) is 0.364.